The average molecular weight is 491 g/mol. The van der Waals surface area contributed by atoms with Gasteiger partial charge in [-0.05, 0) is 53.6 Å². The van der Waals surface area contributed by atoms with Crippen LogP contribution in [0.3, 0.4) is 0 Å². The monoisotopic (exact) mass is 490 g/mol. The summed E-state index contributed by atoms with van der Waals surface area (Å²) in [4.78, 5) is 26.9. The van der Waals surface area contributed by atoms with E-state index in [0.29, 0.717) is 35.6 Å². The number of rotatable bonds is 10. The Morgan fingerprint density at radius 1 is 0.944 bits per heavy atom. The van der Waals surface area contributed by atoms with Crippen molar-refractivity contribution in [3.63, 3.8) is 0 Å². The Kier molecular flexibility index (Phi) is 8.86. The molecule has 0 aromatic heterocycles. The van der Waals surface area contributed by atoms with Crippen LogP contribution in [-0.4, -0.2) is 30.1 Å². The second-order valence-corrected chi connectivity index (χ2v) is 10.1. The SMILES string of the molecule is Cc1ccc(CC(=O)Nc2cc(-c3ccccc3C(=O)O)cc(F)c2N(CC(C)C)CC(C)C)cc1. The minimum atomic E-state index is -1.10. The van der Waals surface area contributed by atoms with E-state index in [4.69, 9.17) is 0 Å². The van der Waals surface area contributed by atoms with E-state index in [9.17, 15) is 14.7 Å². The number of nitrogens with one attached hydrogen (secondary N) is 1. The van der Waals surface area contributed by atoms with Gasteiger partial charge in [0.1, 0.15) is 5.82 Å². The fraction of sp³-hybridized carbons (Fsp3) is 0.333. The molecule has 0 heterocycles. The van der Waals surface area contributed by atoms with Gasteiger partial charge in [0.2, 0.25) is 5.91 Å². The van der Waals surface area contributed by atoms with Gasteiger partial charge in [0.15, 0.2) is 0 Å². The maximum atomic E-state index is 15.9. The molecule has 190 valence electrons. The van der Waals surface area contributed by atoms with Gasteiger partial charge in [-0.15, -0.1) is 0 Å². The molecule has 5 nitrogen and oxygen atoms in total. The molecule has 3 rings (SSSR count). The topological polar surface area (TPSA) is 69.6 Å². The van der Waals surface area contributed by atoms with Crippen LogP contribution >= 0.6 is 0 Å². The number of benzene rings is 3. The van der Waals surface area contributed by atoms with Gasteiger partial charge in [0, 0.05) is 13.1 Å². The molecule has 0 unspecified atom stereocenters. The van der Waals surface area contributed by atoms with Crippen LogP contribution in [0, 0.1) is 24.6 Å². The maximum Gasteiger partial charge on any atom is 0.336 e. The minimum Gasteiger partial charge on any atom is -0.478 e. The molecule has 0 radical (unpaired) electrons. The van der Waals surface area contributed by atoms with E-state index in [2.05, 4.69) is 33.0 Å². The maximum absolute atomic E-state index is 15.9. The Balaban J connectivity index is 2.10. The van der Waals surface area contributed by atoms with E-state index in [1.807, 2.05) is 36.1 Å². The fourth-order valence-electron chi connectivity index (χ4n) is 4.32. The predicted molar refractivity (Wildman–Crippen MR) is 144 cm³/mol. The third-order valence-electron chi connectivity index (χ3n) is 5.78. The molecular formula is C30H35FN2O3. The van der Waals surface area contributed by atoms with Crippen LogP contribution in [0.15, 0.2) is 60.7 Å². The number of aromatic carboxylic acids is 1. The normalized spacial score (nSPS) is 11.1. The quantitative estimate of drug-likeness (QED) is 0.328. The Labute approximate surface area is 213 Å². The van der Waals surface area contributed by atoms with Gasteiger partial charge in [0.05, 0.1) is 23.4 Å². The molecular weight excluding hydrogens is 455 g/mol. The van der Waals surface area contributed by atoms with Crippen molar-refractivity contribution in [2.45, 2.75) is 41.0 Å². The zero-order valence-electron chi connectivity index (χ0n) is 21.6. The van der Waals surface area contributed by atoms with E-state index >= 15 is 4.39 Å². The van der Waals surface area contributed by atoms with E-state index in [-0.39, 0.29) is 29.7 Å². The lowest BCUT2D eigenvalue weighted by Crippen LogP contribution is -2.33. The van der Waals surface area contributed by atoms with Gasteiger partial charge in [-0.25, -0.2) is 9.18 Å². The van der Waals surface area contributed by atoms with Crippen LogP contribution in [0.25, 0.3) is 11.1 Å². The summed E-state index contributed by atoms with van der Waals surface area (Å²) in [5, 5.41) is 12.6. The second kappa shape index (κ2) is 11.8. The molecule has 0 atom stereocenters. The predicted octanol–water partition coefficient (Wildman–Crippen LogP) is 6.80. The van der Waals surface area contributed by atoms with Crippen molar-refractivity contribution in [1.82, 2.24) is 0 Å². The fourth-order valence-corrected chi connectivity index (χ4v) is 4.32. The molecule has 2 N–H and O–H groups in total. The molecule has 0 saturated heterocycles. The summed E-state index contributed by atoms with van der Waals surface area (Å²) in [6.45, 7) is 11.5. The molecule has 1 amide bonds. The van der Waals surface area contributed by atoms with Crippen molar-refractivity contribution in [3.05, 3.63) is 83.2 Å². The molecule has 0 saturated carbocycles. The van der Waals surface area contributed by atoms with Crippen molar-refractivity contribution in [2.24, 2.45) is 11.8 Å². The summed E-state index contributed by atoms with van der Waals surface area (Å²) in [7, 11) is 0. The van der Waals surface area contributed by atoms with Crippen molar-refractivity contribution >= 4 is 23.3 Å². The highest BCUT2D eigenvalue weighted by Gasteiger charge is 2.23. The number of nitrogens with zero attached hydrogens (tertiary/aromatic N) is 1. The average Bonchev–Trinajstić information content (AvgIpc) is 2.79. The van der Waals surface area contributed by atoms with Crippen LogP contribution < -0.4 is 10.2 Å². The first-order valence-electron chi connectivity index (χ1n) is 12.3. The molecule has 0 aliphatic heterocycles. The van der Waals surface area contributed by atoms with Gasteiger partial charge in [-0.2, -0.15) is 0 Å². The van der Waals surface area contributed by atoms with Crippen molar-refractivity contribution in [1.29, 1.82) is 0 Å². The lowest BCUT2D eigenvalue weighted by atomic mass is 9.97. The molecule has 6 heteroatoms. The Bertz CT molecular complexity index is 1210. The van der Waals surface area contributed by atoms with Crippen LogP contribution in [0.1, 0.15) is 49.2 Å². The first-order chi connectivity index (χ1) is 17.0. The number of aryl methyl sites for hydroxylation is 1. The Morgan fingerprint density at radius 2 is 1.56 bits per heavy atom. The lowest BCUT2D eigenvalue weighted by Gasteiger charge is -2.31. The van der Waals surface area contributed by atoms with Crippen molar-refractivity contribution < 1.29 is 19.1 Å². The number of anilines is 2. The first kappa shape index (κ1) is 26.9. The highest BCUT2D eigenvalue weighted by atomic mass is 19.1. The molecule has 0 spiro atoms. The number of hydrogen-bond donors (Lipinski definition) is 2. The number of carbonyl (C=O) groups excluding carboxylic acids is 1. The number of carboxylic acids is 1. The highest BCUT2D eigenvalue weighted by molar-refractivity contribution is 5.99. The van der Waals surface area contributed by atoms with Crippen molar-refractivity contribution in [2.75, 3.05) is 23.3 Å². The van der Waals surface area contributed by atoms with Gasteiger partial charge in [-0.1, -0.05) is 75.7 Å². The molecule has 3 aromatic rings. The number of carbonyl (C=O) groups is 2. The smallest absolute Gasteiger partial charge is 0.336 e. The molecule has 3 aromatic carbocycles. The highest BCUT2D eigenvalue weighted by Crippen LogP contribution is 2.37. The number of carboxylic acid groups (broad SMARTS) is 1. The second-order valence-electron chi connectivity index (χ2n) is 10.1. The first-order valence-corrected chi connectivity index (χ1v) is 12.3. The Hall–Kier alpha value is -3.67. The third kappa shape index (κ3) is 6.94. The Morgan fingerprint density at radius 3 is 2.14 bits per heavy atom. The van der Waals surface area contributed by atoms with E-state index in [1.165, 1.54) is 12.1 Å². The number of halogens is 1. The largest absolute Gasteiger partial charge is 0.478 e. The van der Waals surface area contributed by atoms with Gasteiger partial charge < -0.3 is 15.3 Å². The van der Waals surface area contributed by atoms with Crippen LogP contribution in [0.5, 0.6) is 0 Å². The van der Waals surface area contributed by atoms with Crippen LogP contribution in [-0.2, 0) is 11.2 Å². The molecule has 0 aliphatic rings. The lowest BCUT2D eigenvalue weighted by molar-refractivity contribution is -0.115. The summed E-state index contributed by atoms with van der Waals surface area (Å²) in [5.41, 5.74) is 3.48. The van der Waals surface area contributed by atoms with Crippen LogP contribution in [0.2, 0.25) is 0 Å². The van der Waals surface area contributed by atoms with Crippen molar-refractivity contribution in [3.8, 4) is 11.1 Å². The summed E-state index contributed by atoms with van der Waals surface area (Å²) >= 11 is 0. The van der Waals surface area contributed by atoms with Gasteiger partial charge in [0.25, 0.3) is 0 Å². The molecule has 0 fully saturated rings. The summed E-state index contributed by atoms with van der Waals surface area (Å²) in [5.74, 6) is -1.32. The number of amides is 1. The third-order valence-corrected chi connectivity index (χ3v) is 5.78. The minimum absolute atomic E-state index is 0.0720. The molecule has 36 heavy (non-hydrogen) atoms. The van der Waals surface area contributed by atoms with E-state index in [0.717, 1.165) is 11.1 Å². The summed E-state index contributed by atoms with van der Waals surface area (Å²) < 4.78 is 15.9. The molecule has 0 aliphatic carbocycles. The standard InChI is InChI=1S/C30H35FN2O3/c1-19(2)17-33(18-20(3)4)29-26(31)15-23(24-8-6-7-9-25(24)30(35)36)16-27(29)32-28(34)14-22-12-10-21(5)11-13-22/h6-13,15-16,19-20H,14,17-18H2,1-5H3,(H,32,34)(H,35,36). The zero-order valence-corrected chi connectivity index (χ0v) is 21.6. The van der Waals surface area contributed by atoms with E-state index < -0.39 is 11.8 Å². The van der Waals surface area contributed by atoms with Crippen LogP contribution in [0.4, 0.5) is 15.8 Å². The molecule has 0 bridgehead atoms. The summed E-state index contributed by atoms with van der Waals surface area (Å²) in [6, 6.07) is 17.2. The summed E-state index contributed by atoms with van der Waals surface area (Å²) in [6.07, 6.45) is 0.144. The van der Waals surface area contributed by atoms with Gasteiger partial charge in [-0.3, -0.25) is 4.79 Å². The van der Waals surface area contributed by atoms with Gasteiger partial charge >= 0.3 is 5.97 Å². The zero-order chi connectivity index (χ0) is 26.4. The van der Waals surface area contributed by atoms with E-state index in [1.54, 1.807) is 24.3 Å². The number of hydrogen-bond acceptors (Lipinski definition) is 3.